The molecule has 0 spiro atoms. The van der Waals surface area contributed by atoms with Crippen LogP contribution in [0.3, 0.4) is 0 Å². The van der Waals surface area contributed by atoms with Crippen LogP contribution in [0, 0.1) is 0 Å². The van der Waals surface area contributed by atoms with E-state index in [0.29, 0.717) is 0 Å². The molecular formula is C10H10Cl2N4O3S. The highest BCUT2D eigenvalue weighted by Crippen LogP contribution is 2.36. The van der Waals surface area contributed by atoms with Gasteiger partial charge in [0.1, 0.15) is 22.0 Å². The molecule has 0 amide bonds. The molecule has 0 saturated heterocycles. The van der Waals surface area contributed by atoms with Crippen molar-refractivity contribution < 1.29 is 13.2 Å². The third-order valence-electron chi connectivity index (χ3n) is 2.46. The molecule has 1 N–H and O–H groups in total. The molecule has 2 aromatic rings. The third kappa shape index (κ3) is 2.67. The van der Waals surface area contributed by atoms with Gasteiger partial charge in [-0.3, -0.25) is 0 Å². The minimum absolute atomic E-state index is 0.0232. The second-order valence-electron chi connectivity index (χ2n) is 3.76. The SMILES string of the molecule is COc1ccc(S(=O)(=O)Nc2nncn2C)c(Cl)c1Cl. The number of nitrogens with one attached hydrogen (secondary N) is 1. The van der Waals surface area contributed by atoms with Gasteiger partial charge in [0.25, 0.3) is 10.0 Å². The Bertz CT molecular complexity index is 745. The van der Waals surface area contributed by atoms with Crippen molar-refractivity contribution in [3.8, 4) is 5.75 Å². The van der Waals surface area contributed by atoms with Crippen LogP contribution in [0.25, 0.3) is 0 Å². The fourth-order valence-electron chi connectivity index (χ4n) is 1.43. The standard InChI is InChI=1S/C10H10Cl2N4O3S/c1-16-5-13-14-10(16)15-20(17,18)7-4-3-6(19-2)8(11)9(7)12/h3-5H,1-2H3,(H,14,15). The maximum atomic E-state index is 12.2. The van der Waals surface area contributed by atoms with Crippen molar-refractivity contribution in [1.29, 1.82) is 0 Å². The van der Waals surface area contributed by atoms with Crippen molar-refractivity contribution in [2.75, 3.05) is 11.8 Å². The normalized spacial score (nSPS) is 11.4. The molecule has 2 rings (SSSR count). The van der Waals surface area contributed by atoms with Gasteiger partial charge in [0.15, 0.2) is 0 Å². The number of sulfonamides is 1. The Balaban J connectivity index is 2.45. The lowest BCUT2D eigenvalue weighted by Crippen LogP contribution is -2.16. The second-order valence-corrected chi connectivity index (χ2v) is 6.17. The summed E-state index contributed by atoms with van der Waals surface area (Å²) in [6, 6.07) is 2.71. The van der Waals surface area contributed by atoms with Crippen LogP contribution < -0.4 is 9.46 Å². The molecule has 0 aliphatic heterocycles. The van der Waals surface area contributed by atoms with Gasteiger partial charge in [-0.2, -0.15) is 0 Å². The van der Waals surface area contributed by atoms with E-state index in [-0.39, 0.29) is 26.6 Å². The molecule has 108 valence electrons. The molecule has 1 aromatic carbocycles. The van der Waals surface area contributed by atoms with Gasteiger partial charge >= 0.3 is 0 Å². The molecule has 0 aliphatic rings. The summed E-state index contributed by atoms with van der Waals surface area (Å²) in [4.78, 5) is -0.173. The number of hydrogen-bond donors (Lipinski definition) is 1. The van der Waals surface area contributed by atoms with E-state index in [4.69, 9.17) is 27.9 Å². The van der Waals surface area contributed by atoms with Crippen LogP contribution in [-0.2, 0) is 17.1 Å². The van der Waals surface area contributed by atoms with E-state index in [1.54, 1.807) is 7.05 Å². The number of aromatic nitrogens is 3. The number of nitrogens with zero attached hydrogens (tertiary/aromatic N) is 3. The molecular weight excluding hydrogens is 327 g/mol. The lowest BCUT2D eigenvalue weighted by atomic mass is 10.3. The molecule has 0 radical (unpaired) electrons. The van der Waals surface area contributed by atoms with Gasteiger partial charge in [-0.05, 0) is 12.1 Å². The summed E-state index contributed by atoms with van der Waals surface area (Å²) in [6.07, 6.45) is 1.36. The largest absolute Gasteiger partial charge is 0.495 e. The summed E-state index contributed by atoms with van der Waals surface area (Å²) < 4.78 is 33.1. The van der Waals surface area contributed by atoms with E-state index in [0.717, 1.165) is 0 Å². The number of aryl methyl sites for hydroxylation is 1. The Morgan fingerprint density at radius 2 is 2.00 bits per heavy atom. The van der Waals surface area contributed by atoms with E-state index in [1.165, 1.54) is 30.1 Å². The number of ether oxygens (including phenoxy) is 1. The highest BCUT2D eigenvalue weighted by Gasteiger charge is 2.23. The average molecular weight is 337 g/mol. The van der Waals surface area contributed by atoms with Crippen LogP contribution in [-0.4, -0.2) is 30.3 Å². The van der Waals surface area contributed by atoms with Gasteiger partial charge in [0.05, 0.1) is 12.1 Å². The Morgan fingerprint density at radius 3 is 2.55 bits per heavy atom. The molecule has 20 heavy (non-hydrogen) atoms. The van der Waals surface area contributed by atoms with Gasteiger partial charge in [-0.15, -0.1) is 10.2 Å². The monoisotopic (exact) mass is 336 g/mol. The topological polar surface area (TPSA) is 86.1 Å². The summed E-state index contributed by atoms with van der Waals surface area (Å²) in [5.41, 5.74) is 0. The van der Waals surface area contributed by atoms with Crippen molar-refractivity contribution in [3.63, 3.8) is 0 Å². The molecule has 0 aliphatic carbocycles. The third-order valence-corrected chi connectivity index (χ3v) is 4.81. The summed E-state index contributed by atoms with van der Waals surface area (Å²) in [5, 5.41) is 7.11. The number of methoxy groups -OCH3 is 1. The van der Waals surface area contributed by atoms with Crippen LogP contribution in [0.15, 0.2) is 23.4 Å². The van der Waals surface area contributed by atoms with Crippen LogP contribution in [0.4, 0.5) is 5.95 Å². The lowest BCUT2D eigenvalue weighted by molar-refractivity contribution is 0.414. The van der Waals surface area contributed by atoms with E-state index in [1.807, 2.05) is 0 Å². The number of rotatable bonds is 4. The van der Waals surface area contributed by atoms with Crippen LogP contribution in [0.5, 0.6) is 5.75 Å². The first-order chi connectivity index (χ1) is 9.36. The maximum absolute atomic E-state index is 12.2. The molecule has 10 heteroatoms. The Morgan fingerprint density at radius 1 is 1.30 bits per heavy atom. The maximum Gasteiger partial charge on any atom is 0.265 e. The Labute approximate surface area is 125 Å². The average Bonchev–Trinajstić information content (AvgIpc) is 2.77. The van der Waals surface area contributed by atoms with Crippen LogP contribution in [0.1, 0.15) is 0 Å². The summed E-state index contributed by atoms with van der Waals surface area (Å²) in [7, 11) is -0.925. The zero-order chi connectivity index (χ0) is 14.9. The first kappa shape index (κ1) is 14.9. The molecule has 0 unspecified atom stereocenters. The molecule has 1 aromatic heterocycles. The second kappa shape index (κ2) is 5.47. The molecule has 7 nitrogen and oxygen atoms in total. The number of anilines is 1. The van der Waals surface area contributed by atoms with Gasteiger partial charge < -0.3 is 9.30 Å². The fraction of sp³-hybridized carbons (Fsp3) is 0.200. The predicted octanol–water partition coefficient (Wildman–Crippen LogP) is 1.93. The van der Waals surface area contributed by atoms with E-state index >= 15 is 0 Å². The molecule has 0 bridgehead atoms. The van der Waals surface area contributed by atoms with Crippen LogP contribution in [0.2, 0.25) is 10.0 Å². The predicted molar refractivity (Wildman–Crippen MR) is 74.8 cm³/mol. The van der Waals surface area contributed by atoms with E-state index in [2.05, 4.69) is 14.9 Å². The number of halogens is 2. The molecule has 0 atom stereocenters. The van der Waals surface area contributed by atoms with Crippen molar-refractivity contribution in [2.24, 2.45) is 7.05 Å². The number of benzene rings is 1. The summed E-state index contributed by atoms with van der Waals surface area (Å²) in [6.45, 7) is 0. The van der Waals surface area contributed by atoms with Gasteiger partial charge in [0, 0.05) is 7.05 Å². The van der Waals surface area contributed by atoms with Gasteiger partial charge in [0.2, 0.25) is 5.95 Å². The fourth-order valence-corrected chi connectivity index (χ4v) is 3.31. The molecule has 1 heterocycles. The van der Waals surface area contributed by atoms with Crippen LogP contribution >= 0.6 is 23.2 Å². The smallest absolute Gasteiger partial charge is 0.265 e. The Kier molecular flexibility index (Phi) is 4.07. The zero-order valence-corrected chi connectivity index (χ0v) is 12.8. The van der Waals surface area contributed by atoms with E-state index < -0.39 is 10.0 Å². The van der Waals surface area contributed by atoms with Crippen molar-refractivity contribution in [3.05, 3.63) is 28.5 Å². The highest BCUT2D eigenvalue weighted by molar-refractivity contribution is 7.92. The van der Waals surface area contributed by atoms with Crippen molar-refractivity contribution in [1.82, 2.24) is 14.8 Å². The first-order valence-electron chi connectivity index (χ1n) is 5.25. The number of hydrogen-bond acceptors (Lipinski definition) is 5. The first-order valence-corrected chi connectivity index (χ1v) is 7.49. The van der Waals surface area contributed by atoms with E-state index in [9.17, 15) is 8.42 Å². The summed E-state index contributed by atoms with van der Waals surface area (Å²) >= 11 is 11.9. The Hall–Kier alpha value is -1.51. The quantitative estimate of drug-likeness (QED) is 0.921. The molecule has 0 saturated carbocycles. The van der Waals surface area contributed by atoms with Crippen molar-refractivity contribution in [2.45, 2.75) is 4.90 Å². The zero-order valence-electron chi connectivity index (χ0n) is 10.5. The minimum atomic E-state index is -3.93. The van der Waals surface area contributed by atoms with Crippen molar-refractivity contribution >= 4 is 39.2 Å². The van der Waals surface area contributed by atoms with Gasteiger partial charge in [-0.25, -0.2) is 13.1 Å². The summed E-state index contributed by atoms with van der Waals surface area (Å²) in [5.74, 6) is 0.349. The lowest BCUT2D eigenvalue weighted by Gasteiger charge is -2.11. The van der Waals surface area contributed by atoms with Gasteiger partial charge in [-0.1, -0.05) is 23.2 Å². The minimum Gasteiger partial charge on any atom is -0.495 e. The highest BCUT2D eigenvalue weighted by atomic mass is 35.5. The molecule has 0 fully saturated rings.